The summed E-state index contributed by atoms with van der Waals surface area (Å²) in [4.78, 5) is 9.88. The molecule has 0 saturated heterocycles. The molecule has 0 aromatic carbocycles. The van der Waals surface area contributed by atoms with Gasteiger partial charge in [0, 0.05) is 12.1 Å². The first-order chi connectivity index (χ1) is 9.26. The van der Waals surface area contributed by atoms with Crippen LogP contribution in [0.3, 0.4) is 0 Å². The largest absolute Gasteiger partial charge is 0.468 e. The topological polar surface area (TPSA) is 51.0 Å². The van der Waals surface area contributed by atoms with Gasteiger partial charge in [-0.25, -0.2) is 9.97 Å². The maximum Gasteiger partial charge on any atom is 0.133 e. The number of furan rings is 1. The highest BCUT2D eigenvalue weighted by Gasteiger charge is 2.13. The van der Waals surface area contributed by atoms with Crippen molar-refractivity contribution in [3.63, 3.8) is 0 Å². The monoisotopic (exact) mass is 277 g/mol. The highest BCUT2D eigenvalue weighted by Crippen LogP contribution is 2.34. The number of hydrogen-bond donors (Lipinski definition) is 1. The van der Waals surface area contributed by atoms with E-state index in [1.807, 2.05) is 13.0 Å². The third kappa shape index (κ3) is 3.29. The maximum absolute atomic E-state index is 5.33. The fourth-order valence-electron chi connectivity index (χ4n) is 1.86. The summed E-state index contributed by atoms with van der Waals surface area (Å²) in [5.74, 6) is 1.87. The molecule has 2 aromatic rings. The van der Waals surface area contributed by atoms with E-state index in [2.05, 4.69) is 29.1 Å². The lowest BCUT2D eigenvalue weighted by Crippen LogP contribution is -2.06. The molecular formula is C14H19N3OS. The zero-order valence-electron chi connectivity index (χ0n) is 11.6. The van der Waals surface area contributed by atoms with Crippen molar-refractivity contribution in [2.24, 2.45) is 0 Å². The van der Waals surface area contributed by atoms with Gasteiger partial charge in [-0.05, 0) is 26.3 Å². The fraction of sp³-hybridized carbons (Fsp3) is 0.429. The van der Waals surface area contributed by atoms with Crippen LogP contribution in [0.1, 0.15) is 31.6 Å². The van der Waals surface area contributed by atoms with E-state index in [0.717, 1.165) is 40.9 Å². The van der Waals surface area contributed by atoms with E-state index >= 15 is 0 Å². The number of rotatable bonds is 6. The number of aryl methyl sites for hydroxylation is 1. The average Bonchev–Trinajstić information content (AvgIpc) is 2.79. The van der Waals surface area contributed by atoms with Crippen LogP contribution in [0.5, 0.6) is 0 Å². The van der Waals surface area contributed by atoms with Crippen molar-refractivity contribution in [2.45, 2.75) is 43.5 Å². The van der Waals surface area contributed by atoms with Gasteiger partial charge in [0.15, 0.2) is 0 Å². The second-order valence-electron chi connectivity index (χ2n) is 4.23. The molecule has 0 aliphatic rings. The first-order valence-corrected chi connectivity index (χ1v) is 7.37. The van der Waals surface area contributed by atoms with Crippen LogP contribution in [0, 0.1) is 6.92 Å². The molecule has 0 unspecified atom stereocenters. The molecule has 0 bridgehead atoms. The number of nitrogens with zero attached hydrogens (tertiary/aromatic N) is 2. The lowest BCUT2D eigenvalue weighted by Gasteiger charge is -2.12. The molecule has 2 aromatic heterocycles. The molecule has 2 rings (SSSR count). The van der Waals surface area contributed by atoms with Crippen molar-refractivity contribution < 1.29 is 4.42 Å². The highest BCUT2D eigenvalue weighted by molar-refractivity contribution is 7.99. The zero-order chi connectivity index (χ0) is 13.7. The Kier molecular flexibility index (Phi) is 4.85. The summed E-state index contributed by atoms with van der Waals surface area (Å²) >= 11 is 1.64. The van der Waals surface area contributed by atoms with Gasteiger partial charge in [-0.2, -0.15) is 0 Å². The molecule has 5 heteroatoms. The summed E-state index contributed by atoms with van der Waals surface area (Å²) in [5, 5.41) is 4.32. The molecule has 0 atom stereocenters. The first-order valence-electron chi connectivity index (χ1n) is 6.56. The number of anilines is 1. The molecule has 102 valence electrons. The maximum atomic E-state index is 5.33. The molecule has 0 amide bonds. The Balaban J connectivity index is 2.33. The SMILES string of the molecule is CCCc1c(NCC)ncnc1Sc1ccoc1C. The van der Waals surface area contributed by atoms with E-state index < -0.39 is 0 Å². The summed E-state index contributed by atoms with van der Waals surface area (Å²) in [6, 6.07) is 1.98. The van der Waals surface area contributed by atoms with Crippen molar-refractivity contribution in [3.05, 3.63) is 30.0 Å². The predicted octanol–water partition coefficient (Wildman–Crippen LogP) is 3.91. The van der Waals surface area contributed by atoms with Gasteiger partial charge >= 0.3 is 0 Å². The Morgan fingerprint density at radius 1 is 1.32 bits per heavy atom. The standard InChI is InChI=1S/C14H19N3OS/c1-4-6-11-13(15-5-2)16-9-17-14(11)19-12-7-8-18-10(12)3/h7-9H,4-6H2,1-3H3,(H,15,16,17). The summed E-state index contributed by atoms with van der Waals surface area (Å²) in [6.45, 7) is 7.07. The third-order valence-electron chi connectivity index (χ3n) is 2.77. The molecule has 19 heavy (non-hydrogen) atoms. The van der Waals surface area contributed by atoms with Gasteiger partial charge in [-0.1, -0.05) is 25.1 Å². The summed E-state index contributed by atoms with van der Waals surface area (Å²) in [5.41, 5.74) is 1.19. The minimum absolute atomic E-state index is 0.864. The van der Waals surface area contributed by atoms with Crippen LogP contribution in [0.15, 0.2) is 33.0 Å². The van der Waals surface area contributed by atoms with E-state index in [1.165, 1.54) is 5.56 Å². The molecule has 2 heterocycles. The number of nitrogens with one attached hydrogen (secondary N) is 1. The molecule has 0 aliphatic carbocycles. The van der Waals surface area contributed by atoms with Crippen molar-refractivity contribution in [3.8, 4) is 0 Å². The Morgan fingerprint density at radius 2 is 2.16 bits per heavy atom. The zero-order valence-corrected chi connectivity index (χ0v) is 12.4. The van der Waals surface area contributed by atoms with Gasteiger partial charge < -0.3 is 9.73 Å². The second-order valence-corrected chi connectivity index (χ2v) is 5.26. The van der Waals surface area contributed by atoms with Gasteiger partial charge in [-0.3, -0.25) is 0 Å². The van der Waals surface area contributed by atoms with Gasteiger partial charge in [0.2, 0.25) is 0 Å². The third-order valence-corrected chi connectivity index (χ3v) is 3.96. The van der Waals surface area contributed by atoms with Gasteiger partial charge in [0.1, 0.15) is 22.9 Å². The highest BCUT2D eigenvalue weighted by atomic mass is 32.2. The van der Waals surface area contributed by atoms with Crippen molar-refractivity contribution in [2.75, 3.05) is 11.9 Å². The Hall–Kier alpha value is -1.49. The summed E-state index contributed by atoms with van der Waals surface area (Å²) < 4.78 is 5.33. The fourth-order valence-corrected chi connectivity index (χ4v) is 2.81. The van der Waals surface area contributed by atoms with Crippen LogP contribution < -0.4 is 5.32 Å². The molecule has 0 saturated carbocycles. The van der Waals surface area contributed by atoms with Crippen molar-refractivity contribution in [1.29, 1.82) is 0 Å². The summed E-state index contributed by atoms with van der Waals surface area (Å²) in [7, 11) is 0. The van der Waals surface area contributed by atoms with Crippen LogP contribution in [0.2, 0.25) is 0 Å². The van der Waals surface area contributed by atoms with Crippen molar-refractivity contribution in [1.82, 2.24) is 9.97 Å². The Morgan fingerprint density at radius 3 is 2.79 bits per heavy atom. The van der Waals surface area contributed by atoms with E-state index in [4.69, 9.17) is 4.42 Å². The van der Waals surface area contributed by atoms with Gasteiger partial charge in [0.25, 0.3) is 0 Å². The molecule has 0 aliphatic heterocycles. The smallest absolute Gasteiger partial charge is 0.133 e. The van der Waals surface area contributed by atoms with Crippen LogP contribution in [0.25, 0.3) is 0 Å². The molecule has 0 fully saturated rings. The molecular weight excluding hydrogens is 258 g/mol. The van der Waals surface area contributed by atoms with E-state index in [9.17, 15) is 0 Å². The molecule has 4 nitrogen and oxygen atoms in total. The summed E-state index contributed by atoms with van der Waals surface area (Å²) in [6.07, 6.45) is 5.38. The Labute approximate surface area is 118 Å². The minimum atomic E-state index is 0.864. The lowest BCUT2D eigenvalue weighted by atomic mass is 10.2. The van der Waals surface area contributed by atoms with E-state index in [-0.39, 0.29) is 0 Å². The minimum Gasteiger partial charge on any atom is -0.468 e. The van der Waals surface area contributed by atoms with Gasteiger partial charge in [0.05, 0.1) is 11.2 Å². The quantitative estimate of drug-likeness (QED) is 0.811. The number of aromatic nitrogens is 2. The second kappa shape index (κ2) is 6.61. The molecule has 0 radical (unpaired) electrons. The van der Waals surface area contributed by atoms with Crippen LogP contribution in [0.4, 0.5) is 5.82 Å². The van der Waals surface area contributed by atoms with Gasteiger partial charge in [-0.15, -0.1) is 0 Å². The first kappa shape index (κ1) is 13.9. The van der Waals surface area contributed by atoms with Crippen LogP contribution >= 0.6 is 11.8 Å². The predicted molar refractivity (Wildman–Crippen MR) is 77.8 cm³/mol. The van der Waals surface area contributed by atoms with Crippen molar-refractivity contribution >= 4 is 17.6 Å². The molecule has 0 spiro atoms. The normalized spacial score (nSPS) is 10.7. The molecule has 1 N–H and O–H groups in total. The number of hydrogen-bond acceptors (Lipinski definition) is 5. The van der Waals surface area contributed by atoms with Crippen LogP contribution in [-0.4, -0.2) is 16.5 Å². The Bertz CT molecular complexity index is 539. The van der Waals surface area contributed by atoms with Crippen LogP contribution in [-0.2, 0) is 6.42 Å². The average molecular weight is 277 g/mol. The lowest BCUT2D eigenvalue weighted by molar-refractivity contribution is 0.527. The van der Waals surface area contributed by atoms with E-state index in [1.54, 1.807) is 24.4 Å². The van der Waals surface area contributed by atoms with E-state index in [0.29, 0.717) is 0 Å².